The van der Waals surface area contributed by atoms with E-state index in [9.17, 15) is 29.1 Å². The number of carbonyl (C=O) groups is 5. The third-order valence-electron chi connectivity index (χ3n) is 9.56. The Balaban J connectivity index is 2.06. The van der Waals surface area contributed by atoms with Gasteiger partial charge in [-0.15, -0.1) is 11.6 Å². The fourth-order valence-electron chi connectivity index (χ4n) is 7.25. The average molecular weight is 629 g/mol. The molecule has 0 aromatic carbocycles. The van der Waals surface area contributed by atoms with Crippen LogP contribution in [-0.4, -0.2) is 88.7 Å². The molecule has 12 nitrogen and oxygen atoms in total. The standard InChI is InChI=1S/C30H41ClO12/c1-13(2)26(35)42-19-10-9-14(3)22(31)24-30(37,15(4)27(36)43-24)25(41-18(7)34)23-28(19,8)20(39-16(5)32)11-21(40-17(6)33)29(23)12-38-29/h13,15,19-25,37H,3,9-12H2,1-2,4-8H3. The summed E-state index contributed by atoms with van der Waals surface area (Å²) in [5.74, 6) is -6.39. The van der Waals surface area contributed by atoms with E-state index in [0.717, 1.165) is 6.92 Å². The van der Waals surface area contributed by atoms with Crippen LogP contribution in [-0.2, 0) is 52.4 Å². The summed E-state index contributed by atoms with van der Waals surface area (Å²) >= 11 is 6.83. The number of hydrogen-bond donors (Lipinski definition) is 1. The van der Waals surface area contributed by atoms with Crippen LogP contribution in [0.15, 0.2) is 12.2 Å². The number of rotatable bonds is 5. The van der Waals surface area contributed by atoms with Crippen molar-refractivity contribution in [2.24, 2.45) is 23.2 Å². The van der Waals surface area contributed by atoms with Crippen LogP contribution in [0.4, 0.5) is 0 Å². The van der Waals surface area contributed by atoms with Crippen molar-refractivity contribution in [1.29, 1.82) is 0 Å². The van der Waals surface area contributed by atoms with Crippen molar-refractivity contribution in [2.75, 3.05) is 6.61 Å². The van der Waals surface area contributed by atoms with Gasteiger partial charge in [-0.1, -0.05) is 32.9 Å². The molecule has 43 heavy (non-hydrogen) atoms. The second-order valence-corrected chi connectivity index (χ2v) is 13.2. The maximum atomic E-state index is 13.2. The fraction of sp³-hybridized carbons (Fsp3) is 0.767. The second-order valence-electron chi connectivity index (χ2n) is 12.7. The highest BCUT2D eigenvalue weighted by molar-refractivity contribution is 6.23. The molecule has 0 bridgehead atoms. The number of esters is 5. The number of hydrogen-bond acceptors (Lipinski definition) is 12. The lowest BCUT2D eigenvalue weighted by atomic mass is 9.51. The Morgan fingerprint density at radius 3 is 2.07 bits per heavy atom. The average Bonchev–Trinajstić information content (AvgIpc) is 3.65. The molecule has 1 N–H and O–H groups in total. The minimum absolute atomic E-state index is 0.00154. The topological polar surface area (TPSA) is 164 Å². The van der Waals surface area contributed by atoms with Crippen molar-refractivity contribution in [1.82, 2.24) is 0 Å². The van der Waals surface area contributed by atoms with Crippen molar-refractivity contribution >= 4 is 41.4 Å². The van der Waals surface area contributed by atoms with Gasteiger partial charge in [-0.3, -0.25) is 24.0 Å². The molecule has 0 radical (unpaired) electrons. The summed E-state index contributed by atoms with van der Waals surface area (Å²) in [5, 5.41) is 11.5. The van der Waals surface area contributed by atoms with Gasteiger partial charge in [0, 0.05) is 33.1 Å². The van der Waals surface area contributed by atoms with E-state index >= 15 is 0 Å². The minimum atomic E-state index is -2.26. The minimum Gasteiger partial charge on any atom is -0.462 e. The Morgan fingerprint density at radius 1 is 1.00 bits per heavy atom. The fourth-order valence-corrected chi connectivity index (χ4v) is 7.61. The molecule has 13 heteroatoms. The van der Waals surface area contributed by atoms with Crippen molar-refractivity contribution < 1.29 is 57.5 Å². The van der Waals surface area contributed by atoms with Crippen molar-refractivity contribution in [3.05, 3.63) is 12.2 Å². The Morgan fingerprint density at radius 2 is 1.56 bits per heavy atom. The van der Waals surface area contributed by atoms with Crippen molar-refractivity contribution in [3.8, 4) is 0 Å². The third-order valence-corrected chi connectivity index (χ3v) is 10.1. The van der Waals surface area contributed by atoms with Crippen LogP contribution in [0.1, 0.15) is 67.7 Å². The molecule has 4 rings (SSSR count). The van der Waals surface area contributed by atoms with Gasteiger partial charge in [0.2, 0.25) is 0 Å². The van der Waals surface area contributed by atoms with Gasteiger partial charge < -0.3 is 33.5 Å². The molecule has 4 aliphatic rings. The number of ether oxygens (including phenoxy) is 6. The van der Waals surface area contributed by atoms with Crippen LogP contribution >= 0.6 is 11.6 Å². The van der Waals surface area contributed by atoms with Crippen molar-refractivity contribution in [2.45, 2.75) is 115 Å². The van der Waals surface area contributed by atoms with Crippen LogP contribution in [0.2, 0.25) is 0 Å². The molecule has 2 saturated carbocycles. The number of epoxide rings is 1. The summed E-state index contributed by atoms with van der Waals surface area (Å²) in [5.41, 5.74) is -4.69. The first-order valence-electron chi connectivity index (χ1n) is 14.5. The molecule has 240 valence electrons. The van der Waals surface area contributed by atoms with Crippen LogP contribution in [0.25, 0.3) is 0 Å². The summed E-state index contributed by atoms with van der Waals surface area (Å²) in [7, 11) is 0. The molecule has 2 aliphatic carbocycles. The molecule has 2 heterocycles. The van der Waals surface area contributed by atoms with Gasteiger partial charge in [0.25, 0.3) is 0 Å². The summed E-state index contributed by atoms with van der Waals surface area (Å²) in [4.78, 5) is 63.9. The Hall–Kier alpha value is -2.70. The molecule has 1 spiro atoms. The summed E-state index contributed by atoms with van der Waals surface area (Å²) in [6.45, 7) is 14.1. The molecule has 4 fully saturated rings. The third kappa shape index (κ3) is 5.55. The number of carbonyl (C=O) groups excluding carboxylic acids is 5. The molecule has 2 aliphatic heterocycles. The smallest absolute Gasteiger partial charge is 0.312 e. The maximum absolute atomic E-state index is 13.2. The van der Waals surface area contributed by atoms with E-state index < -0.39 is 100 Å². The summed E-state index contributed by atoms with van der Waals surface area (Å²) in [6.07, 6.45) is -5.86. The molecule has 11 atom stereocenters. The first kappa shape index (κ1) is 33.2. The zero-order valence-corrected chi connectivity index (χ0v) is 26.3. The zero-order chi connectivity index (χ0) is 32.2. The van der Waals surface area contributed by atoms with E-state index in [-0.39, 0.29) is 25.9 Å². The largest absolute Gasteiger partial charge is 0.462 e. The molecule has 0 amide bonds. The highest BCUT2D eigenvalue weighted by Gasteiger charge is 2.78. The zero-order valence-electron chi connectivity index (χ0n) is 25.5. The Kier molecular flexibility index (Phi) is 9.01. The van der Waals surface area contributed by atoms with Crippen molar-refractivity contribution in [3.63, 3.8) is 0 Å². The van der Waals surface area contributed by atoms with Crippen LogP contribution in [0.5, 0.6) is 0 Å². The lowest BCUT2D eigenvalue weighted by molar-refractivity contribution is -0.260. The van der Waals surface area contributed by atoms with Gasteiger partial charge in [-0.2, -0.15) is 0 Å². The molecule has 0 aromatic heterocycles. The lowest BCUT2D eigenvalue weighted by Gasteiger charge is -2.58. The normalized spacial score (nSPS) is 42.3. The molecular formula is C30H41ClO12. The van der Waals surface area contributed by atoms with Gasteiger partial charge in [0.05, 0.1) is 29.2 Å². The molecule has 0 aromatic rings. The van der Waals surface area contributed by atoms with Gasteiger partial charge in [0.15, 0.2) is 11.7 Å². The van der Waals surface area contributed by atoms with Gasteiger partial charge in [-0.25, -0.2) is 0 Å². The van der Waals surface area contributed by atoms with E-state index in [0.29, 0.717) is 5.57 Å². The van der Waals surface area contributed by atoms with Gasteiger partial charge in [0.1, 0.15) is 30.0 Å². The molecule has 2 saturated heterocycles. The van der Waals surface area contributed by atoms with E-state index in [1.165, 1.54) is 20.8 Å². The first-order valence-corrected chi connectivity index (χ1v) is 15.0. The van der Waals surface area contributed by atoms with Crippen LogP contribution in [0.3, 0.4) is 0 Å². The number of aliphatic hydroxyl groups is 1. The Bertz CT molecular complexity index is 1200. The quantitative estimate of drug-likeness (QED) is 0.156. The number of halogens is 1. The van der Waals surface area contributed by atoms with Gasteiger partial charge >= 0.3 is 29.8 Å². The highest BCUT2D eigenvalue weighted by atomic mass is 35.5. The molecule has 11 unspecified atom stereocenters. The number of alkyl halides is 1. The summed E-state index contributed by atoms with van der Waals surface area (Å²) < 4.78 is 35.4. The summed E-state index contributed by atoms with van der Waals surface area (Å²) in [6, 6.07) is 0. The highest BCUT2D eigenvalue weighted by Crippen LogP contribution is 2.63. The van der Waals surface area contributed by atoms with E-state index in [4.69, 9.17) is 40.0 Å². The molecular weight excluding hydrogens is 588 g/mol. The predicted octanol–water partition coefficient (Wildman–Crippen LogP) is 2.39. The second kappa shape index (κ2) is 11.7. The predicted molar refractivity (Wildman–Crippen MR) is 148 cm³/mol. The van der Waals surface area contributed by atoms with Crippen LogP contribution in [0, 0.1) is 23.2 Å². The van der Waals surface area contributed by atoms with E-state index in [1.807, 2.05) is 0 Å². The van der Waals surface area contributed by atoms with E-state index in [1.54, 1.807) is 20.8 Å². The number of fused-ring (bicyclic) bond motifs is 3. The Labute approximate surface area is 255 Å². The SMILES string of the molecule is C=C1CCC(OC(=O)C(C)C)C2(C)C(OC(C)=O)CC(OC(C)=O)C3(CO3)C2C(OC(C)=O)C2(O)C(C)C(=O)OC2C1Cl. The maximum Gasteiger partial charge on any atom is 0.312 e. The first-order chi connectivity index (χ1) is 19.9. The van der Waals surface area contributed by atoms with E-state index in [2.05, 4.69) is 6.58 Å². The van der Waals surface area contributed by atoms with Crippen LogP contribution < -0.4 is 0 Å². The monoisotopic (exact) mass is 628 g/mol. The lowest BCUT2D eigenvalue weighted by Crippen LogP contribution is -2.72. The van der Waals surface area contributed by atoms with Gasteiger partial charge in [-0.05, 0) is 19.8 Å².